The molecule has 0 radical (unpaired) electrons. The van der Waals surface area contributed by atoms with Crippen LogP contribution in [0.2, 0.25) is 0 Å². The molecule has 0 aromatic heterocycles. The second-order valence-corrected chi connectivity index (χ2v) is 4.00. The predicted molar refractivity (Wildman–Crippen MR) is 72.4 cm³/mol. The first-order chi connectivity index (χ1) is 8.67. The van der Waals surface area contributed by atoms with E-state index in [0.29, 0.717) is 17.9 Å². The molecule has 0 fully saturated rings. The smallest absolute Gasteiger partial charge is 0.319 e. The molecule has 3 N–H and O–H groups in total. The third-order valence-corrected chi connectivity index (χ3v) is 2.50. The van der Waals surface area contributed by atoms with Crippen LogP contribution in [0.15, 0.2) is 29.4 Å². The Morgan fingerprint density at radius 1 is 1.44 bits per heavy atom. The number of hydrogen-bond acceptors (Lipinski definition) is 3. The summed E-state index contributed by atoms with van der Waals surface area (Å²) in [6.45, 7) is 4.43. The number of urea groups is 1. The normalized spacial score (nSPS) is 11.1. The van der Waals surface area contributed by atoms with Gasteiger partial charge in [-0.1, -0.05) is 30.6 Å². The second-order valence-electron chi connectivity index (χ2n) is 4.00. The van der Waals surface area contributed by atoms with Crippen LogP contribution >= 0.6 is 0 Å². The van der Waals surface area contributed by atoms with Gasteiger partial charge in [0.2, 0.25) is 0 Å². The lowest BCUT2D eigenvalue weighted by molar-refractivity contribution is 0.252. The summed E-state index contributed by atoms with van der Waals surface area (Å²) in [5, 5.41) is 17.3. The highest BCUT2D eigenvalue weighted by molar-refractivity contribution is 6.00. The molecule has 0 saturated carbocycles. The van der Waals surface area contributed by atoms with Crippen molar-refractivity contribution >= 4 is 17.4 Å². The van der Waals surface area contributed by atoms with E-state index < -0.39 is 0 Å². The maximum Gasteiger partial charge on any atom is 0.319 e. The molecular weight excluding hydrogens is 230 g/mol. The first kappa shape index (κ1) is 14.0. The topological polar surface area (TPSA) is 73.7 Å². The zero-order valence-electron chi connectivity index (χ0n) is 10.7. The van der Waals surface area contributed by atoms with Gasteiger partial charge in [0.05, 0.1) is 5.71 Å². The van der Waals surface area contributed by atoms with E-state index in [1.807, 2.05) is 6.07 Å². The van der Waals surface area contributed by atoms with Gasteiger partial charge in [0.15, 0.2) is 0 Å². The quantitative estimate of drug-likeness (QED) is 0.325. The van der Waals surface area contributed by atoms with E-state index in [9.17, 15) is 4.79 Å². The van der Waals surface area contributed by atoms with Crippen molar-refractivity contribution in [2.24, 2.45) is 5.16 Å². The van der Waals surface area contributed by atoms with Crippen LogP contribution in [0.3, 0.4) is 0 Å². The van der Waals surface area contributed by atoms with Crippen molar-refractivity contribution in [3.63, 3.8) is 0 Å². The fraction of sp³-hybridized carbons (Fsp3) is 0.385. The summed E-state index contributed by atoms with van der Waals surface area (Å²) >= 11 is 0. The van der Waals surface area contributed by atoms with E-state index in [-0.39, 0.29) is 6.03 Å². The number of carbonyl (C=O) groups excluding carboxylic acids is 1. The molecule has 0 heterocycles. The zero-order chi connectivity index (χ0) is 13.4. The fourth-order valence-electron chi connectivity index (χ4n) is 1.43. The molecule has 0 aliphatic carbocycles. The molecule has 98 valence electrons. The number of oxime groups is 1. The third-order valence-electron chi connectivity index (χ3n) is 2.50. The number of benzene rings is 1. The number of nitrogens with zero attached hydrogens (tertiary/aromatic N) is 1. The van der Waals surface area contributed by atoms with Crippen molar-refractivity contribution in [1.82, 2.24) is 5.32 Å². The SMILES string of the molecule is CCCCNC(=O)Nc1cccc(/C(C)=N/O)c1. The standard InChI is InChI=1S/C13H19N3O2/c1-3-4-8-14-13(17)15-12-7-5-6-11(9-12)10(2)16-18/h5-7,9,18H,3-4,8H2,1-2H3,(H2,14,15,17)/b16-10+. The molecule has 0 unspecified atom stereocenters. The number of unbranched alkanes of at least 4 members (excludes halogenated alkanes) is 1. The molecule has 5 heteroatoms. The summed E-state index contributed by atoms with van der Waals surface area (Å²) in [5.41, 5.74) is 1.94. The van der Waals surface area contributed by atoms with Crippen LogP contribution in [0.25, 0.3) is 0 Å². The van der Waals surface area contributed by atoms with Gasteiger partial charge in [-0.15, -0.1) is 0 Å². The summed E-state index contributed by atoms with van der Waals surface area (Å²) < 4.78 is 0. The molecule has 0 aliphatic heterocycles. The van der Waals surface area contributed by atoms with E-state index in [1.165, 1.54) is 0 Å². The molecule has 0 saturated heterocycles. The number of hydrogen-bond donors (Lipinski definition) is 3. The fourth-order valence-corrected chi connectivity index (χ4v) is 1.43. The molecule has 0 spiro atoms. The Morgan fingerprint density at radius 3 is 2.89 bits per heavy atom. The summed E-state index contributed by atoms with van der Waals surface area (Å²) in [5.74, 6) is 0. The summed E-state index contributed by atoms with van der Waals surface area (Å²) in [4.78, 5) is 11.5. The largest absolute Gasteiger partial charge is 0.411 e. The summed E-state index contributed by atoms with van der Waals surface area (Å²) in [7, 11) is 0. The Labute approximate surface area is 107 Å². The van der Waals surface area contributed by atoms with Crippen molar-refractivity contribution in [2.75, 3.05) is 11.9 Å². The second kappa shape index (κ2) is 7.32. The molecule has 0 atom stereocenters. The van der Waals surface area contributed by atoms with Crippen LogP contribution in [-0.4, -0.2) is 23.5 Å². The lowest BCUT2D eigenvalue weighted by Crippen LogP contribution is -2.29. The Kier molecular flexibility index (Phi) is 5.70. The van der Waals surface area contributed by atoms with Gasteiger partial charge in [0.25, 0.3) is 0 Å². The van der Waals surface area contributed by atoms with E-state index in [0.717, 1.165) is 18.4 Å². The van der Waals surface area contributed by atoms with Crippen LogP contribution in [0.1, 0.15) is 32.3 Å². The van der Waals surface area contributed by atoms with Crippen molar-refractivity contribution in [2.45, 2.75) is 26.7 Å². The van der Waals surface area contributed by atoms with Gasteiger partial charge in [-0.2, -0.15) is 0 Å². The molecule has 1 aromatic rings. The lowest BCUT2D eigenvalue weighted by Gasteiger charge is -2.08. The van der Waals surface area contributed by atoms with Crippen molar-refractivity contribution < 1.29 is 10.0 Å². The zero-order valence-corrected chi connectivity index (χ0v) is 10.7. The first-order valence-corrected chi connectivity index (χ1v) is 6.01. The number of nitrogens with one attached hydrogen (secondary N) is 2. The van der Waals surface area contributed by atoms with Crippen molar-refractivity contribution in [3.8, 4) is 0 Å². The number of carbonyl (C=O) groups is 1. The van der Waals surface area contributed by atoms with Crippen molar-refractivity contribution in [1.29, 1.82) is 0 Å². The van der Waals surface area contributed by atoms with E-state index in [4.69, 9.17) is 5.21 Å². The van der Waals surface area contributed by atoms with Crippen LogP contribution in [-0.2, 0) is 0 Å². The lowest BCUT2D eigenvalue weighted by atomic mass is 10.1. The Hall–Kier alpha value is -2.04. The highest BCUT2D eigenvalue weighted by atomic mass is 16.4. The average molecular weight is 249 g/mol. The summed E-state index contributed by atoms with van der Waals surface area (Å²) in [6.07, 6.45) is 2.01. The molecule has 1 aromatic carbocycles. The highest BCUT2D eigenvalue weighted by Gasteiger charge is 2.03. The molecular formula is C13H19N3O2. The van der Waals surface area contributed by atoms with Gasteiger partial charge in [-0.3, -0.25) is 0 Å². The molecule has 2 amide bonds. The minimum absolute atomic E-state index is 0.223. The van der Waals surface area contributed by atoms with Gasteiger partial charge in [0, 0.05) is 17.8 Å². The van der Waals surface area contributed by atoms with E-state index in [1.54, 1.807) is 25.1 Å². The van der Waals surface area contributed by atoms with Gasteiger partial charge in [0.1, 0.15) is 0 Å². The Balaban J connectivity index is 2.59. The van der Waals surface area contributed by atoms with Gasteiger partial charge in [-0.05, 0) is 25.5 Å². The summed E-state index contributed by atoms with van der Waals surface area (Å²) in [6, 6.07) is 6.93. The predicted octanol–water partition coefficient (Wildman–Crippen LogP) is 2.81. The first-order valence-electron chi connectivity index (χ1n) is 6.01. The monoisotopic (exact) mass is 249 g/mol. The third kappa shape index (κ3) is 4.45. The number of anilines is 1. The Bertz CT molecular complexity index is 430. The van der Waals surface area contributed by atoms with E-state index >= 15 is 0 Å². The Morgan fingerprint density at radius 2 is 2.22 bits per heavy atom. The van der Waals surface area contributed by atoms with Crippen LogP contribution in [0.5, 0.6) is 0 Å². The molecule has 1 rings (SSSR count). The van der Waals surface area contributed by atoms with E-state index in [2.05, 4.69) is 22.7 Å². The van der Waals surface area contributed by atoms with Crippen LogP contribution < -0.4 is 10.6 Å². The minimum atomic E-state index is -0.223. The number of rotatable bonds is 5. The van der Waals surface area contributed by atoms with Crippen LogP contribution in [0.4, 0.5) is 10.5 Å². The van der Waals surface area contributed by atoms with Gasteiger partial charge >= 0.3 is 6.03 Å². The maximum atomic E-state index is 11.5. The minimum Gasteiger partial charge on any atom is -0.411 e. The molecule has 5 nitrogen and oxygen atoms in total. The average Bonchev–Trinajstić information content (AvgIpc) is 2.38. The molecule has 0 aliphatic rings. The molecule has 0 bridgehead atoms. The van der Waals surface area contributed by atoms with Gasteiger partial charge < -0.3 is 15.8 Å². The number of amides is 2. The van der Waals surface area contributed by atoms with Crippen molar-refractivity contribution in [3.05, 3.63) is 29.8 Å². The maximum absolute atomic E-state index is 11.5. The van der Waals surface area contributed by atoms with Gasteiger partial charge in [-0.25, -0.2) is 4.79 Å². The van der Waals surface area contributed by atoms with Crippen LogP contribution in [0, 0.1) is 0 Å². The highest BCUT2D eigenvalue weighted by Crippen LogP contribution is 2.11. The molecule has 18 heavy (non-hydrogen) atoms.